The van der Waals surface area contributed by atoms with Crippen molar-refractivity contribution in [3.05, 3.63) is 107 Å². The minimum atomic E-state index is -0.118. The Hall–Kier alpha value is -2.79. The predicted octanol–water partition coefficient (Wildman–Crippen LogP) is 5.98. The molecule has 1 aliphatic heterocycles. The lowest BCUT2D eigenvalue weighted by molar-refractivity contribution is -0.111. The molecule has 0 radical (unpaired) electrons. The molecule has 0 atom stereocenters. The molecular formula is C27H29Cl2N3O. The molecule has 0 unspecified atom stereocenters. The number of anilines is 2. The van der Waals surface area contributed by atoms with Crippen LogP contribution in [-0.4, -0.2) is 25.5 Å². The summed E-state index contributed by atoms with van der Waals surface area (Å²) in [6.45, 7) is 2.41. The molecule has 6 heteroatoms. The van der Waals surface area contributed by atoms with E-state index in [-0.39, 0.29) is 18.3 Å². The van der Waals surface area contributed by atoms with Gasteiger partial charge in [-0.3, -0.25) is 4.79 Å². The number of fused-ring (bicyclic) bond motifs is 2. The molecule has 2 N–H and O–H groups in total. The first-order chi connectivity index (χ1) is 15.7. The number of para-hydroxylation sites is 2. The van der Waals surface area contributed by atoms with E-state index >= 15 is 0 Å². The highest BCUT2D eigenvalue weighted by molar-refractivity contribution is 6.31. The van der Waals surface area contributed by atoms with E-state index in [1.165, 1.54) is 22.5 Å². The van der Waals surface area contributed by atoms with Crippen LogP contribution in [0.3, 0.4) is 0 Å². The highest BCUT2D eigenvalue weighted by Gasteiger charge is 2.22. The van der Waals surface area contributed by atoms with Crippen molar-refractivity contribution in [3.8, 4) is 0 Å². The first-order valence-corrected chi connectivity index (χ1v) is 11.4. The zero-order chi connectivity index (χ0) is 22.2. The van der Waals surface area contributed by atoms with Gasteiger partial charge in [-0.25, -0.2) is 0 Å². The molecule has 1 heterocycles. The second-order valence-corrected chi connectivity index (χ2v) is 8.29. The first-order valence-electron chi connectivity index (χ1n) is 11.1. The molecule has 1 amide bonds. The number of carbonyl (C=O) groups is 1. The third-order valence-electron chi connectivity index (χ3n) is 5.57. The fourth-order valence-corrected chi connectivity index (χ4v) is 4.18. The standard InChI is InChI=1S/C27H28ClN3O.ClH/c28-23-16-15-22-14-13-21-8-4-5-11-25(21)31(26(22)20-23)19-7-18-29-17-6-12-27(32)30-24-9-2-1-3-10-24;/h1-6,8-12,14,16,20,29H,7,13,15,17-19H2,(H,30,32);1H/b12-6+;. The zero-order valence-corrected chi connectivity index (χ0v) is 20.0. The number of rotatable bonds is 8. The normalized spacial score (nSPS) is 14.8. The first kappa shape index (κ1) is 24.8. The largest absolute Gasteiger partial charge is 0.341 e. The maximum Gasteiger partial charge on any atom is 0.248 e. The highest BCUT2D eigenvalue weighted by Crippen LogP contribution is 2.36. The van der Waals surface area contributed by atoms with Crippen LogP contribution in [0.2, 0.25) is 0 Å². The topological polar surface area (TPSA) is 44.4 Å². The van der Waals surface area contributed by atoms with E-state index in [1.807, 2.05) is 36.4 Å². The number of allylic oxidation sites excluding steroid dienone is 5. The van der Waals surface area contributed by atoms with Crippen molar-refractivity contribution in [2.75, 3.05) is 29.9 Å². The Bertz CT molecular complexity index is 1070. The van der Waals surface area contributed by atoms with Gasteiger partial charge in [0.2, 0.25) is 5.91 Å². The van der Waals surface area contributed by atoms with Crippen LogP contribution < -0.4 is 15.5 Å². The van der Waals surface area contributed by atoms with Crippen LogP contribution in [0, 0.1) is 0 Å². The maximum atomic E-state index is 12.0. The van der Waals surface area contributed by atoms with Gasteiger partial charge in [-0.05, 0) is 61.2 Å². The summed E-state index contributed by atoms with van der Waals surface area (Å²) in [6, 6.07) is 18.1. The van der Waals surface area contributed by atoms with Gasteiger partial charge < -0.3 is 15.5 Å². The van der Waals surface area contributed by atoms with E-state index in [0.717, 1.165) is 43.1 Å². The van der Waals surface area contributed by atoms with E-state index in [1.54, 1.807) is 6.08 Å². The Morgan fingerprint density at radius 3 is 2.67 bits per heavy atom. The summed E-state index contributed by atoms with van der Waals surface area (Å²) in [7, 11) is 0. The molecule has 0 fully saturated rings. The van der Waals surface area contributed by atoms with Gasteiger partial charge in [-0.1, -0.05) is 66.2 Å². The molecule has 1 aliphatic carbocycles. The van der Waals surface area contributed by atoms with Crippen molar-refractivity contribution in [1.82, 2.24) is 5.32 Å². The summed E-state index contributed by atoms with van der Waals surface area (Å²) < 4.78 is 0. The Balaban J connectivity index is 0.00000306. The van der Waals surface area contributed by atoms with E-state index in [4.69, 9.17) is 11.6 Å². The monoisotopic (exact) mass is 481 g/mol. The molecule has 33 heavy (non-hydrogen) atoms. The number of hydrogen-bond acceptors (Lipinski definition) is 3. The fraction of sp³-hybridized carbons (Fsp3) is 0.222. The molecule has 4 nitrogen and oxygen atoms in total. The van der Waals surface area contributed by atoms with Gasteiger partial charge in [0.25, 0.3) is 0 Å². The van der Waals surface area contributed by atoms with Crippen molar-refractivity contribution in [2.45, 2.75) is 19.3 Å². The van der Waals surface area contributed by atoms with Gasteiger partial charge in [0, 0.05) is 41.3 Å². The van der Waals surface area contributed by atoms with Crippen LogP contribution in [0.25, 0.3) is 0 Å². The lowest BCUT2D eigenvalue weighted by Gasteiger charge is -2.30. The summed E-state index contributed by atoms with van der Waals surface area (Å²) >= 11 is 6.36. The number of hydrogen-bond donors (Lipinski definition) is 2. The molecular weight excluding hydrogens is 453 g/mol. The van der Waals surface area contributed by atoms with Crippen molar-refractivity contribution in [1.29, 1.82) is 0 Å². The van der Waals surface area contributed by atoms with Crippen LogP contribution in [0.15, 0.2) is 101 Å². The Morgan fingerprint density at radius 2 is 1.82 bits per heavy atom. The van der Waals surface area contributed by atoms with E-state index in [0.29, 0.717) is 6.54 Å². The second-order valence-electron chi connectivity index (χ2n) is 7.85. The van der Waals surface area contributed by atoms with E-state index in [9.17, 15) is 4.79 Å². The van der Waals surface area contributed by atoms with Crippen molar-refractivity contribution < 1.29 is 4.79 Å². The van der Waals surface area contributed by atoms with Gasteiger partial charge >= 0.3 is 0 Å². The van der Waals surface area contributed by atoms with Crippen LogP contribution in [0.5, 0.6) is 0 Å². The van der Waals surface area contributed by atoms with Gasteiger partial charge in [0.05, 0.1) is 0 Å². The Morgan fingerprint density at radius 1 is 1.03 bits per heavy atom. The average molecular weight is 482 g/mol. The minimum Gasteiger partial charge on any atom is -0.341 e. The van der Waals surface area contributed by atoms with Crippen molar-refractivity contribution >= 4 is 41.3 Å². The van der Waals surface area contributed by atoms with Crippen molar-refractivity contribution in [3.63, 3.8) is 0 Å². The number of halogens is 2. The summed E-state index contributed by atoms with van der Waals surface area (Å²) in [4.78, 5) is 14.4. The molecule has 0 saturated heterocycles. The van der Waals surface area contributed by atoms with E-state index < -0.39 is 0 Å². The Kier molecular flexibility index (Phi) is 9.37. The minimum absolute atomic E-state index is 0. The number of benzene rings is 2. The third kappa shape index (κ3) is 6.84. The SMILES string of the molecule is Cl.O=C(/C=C/CNCCCN1C2=CC(Cl)=CCC2=CCc2ccccc21)Nc1ccccc1. The third-order valence-corrected chi connectivity index (χ3v) is 5.83. The average Bonchev–Trinajstić information content (AvgIpc) is 2.96. The number of nitrogens with one attached hydrogen (secondary N) is 2. The van der Waals surface area contributed by atoms with E-state index in [2.05, 4.69) is 58.0 Å². The number of amides is 1. The predicted molar refractivity (Wildman–Crippen MR) is 141 cm³/mol. The maximum absolute atomic E-state index is 12.0. The van der Waals surface area contributed by atoms with Crippen LogP contribution >= 0.6 is 24.0 Å². The smallest absolute Gasteiger partial charge is 0.248 e. The summed E-state index contributed by atoms with van der Waals surface area (Å²) in [6.07, 6.45) is 12.7. The summed E-state index contributed by atoms with van der Waals surface area (Å²) in [5.41, 5.74) is 5.94. The van der Waals surface area contributed by atoms with Gasteiger partial charge in [-0.15, -0.1) is 12.4 Å². The number of nitrogens with zero attached hydrogens (tertiary/aromatic N) is 1. The van der Waals surface area contributed by atoms with Crippen LogP contribution in [0.1, 0.15) is 18.4 Å². The lowest BCUT2D eigenvalue weighted by atomic mass is 10.0. The summed E-state index contributed by atoms with van der Waals surface area (Å²) in [5.74, 6) is -0.118. The van der Waals surface area contributed by atoms with Crippen molar-refractivity contribution in [2.24, 2.45) is 0 Å². The summed E-state index contributed by atoms with van der Waals surface area (Å²) in [5, 5.41) is 7.05. The molecule has 0 saturated carbocycles. The van der Waals surface area contributed by atoms with Crippen LogP contribution in [0.4, 0.5) is 11.4 Å². The lowest BCUT2D eigenvalue weighted by Crippen LogP contribution is -2.28. The molecule has 2 aromatic carbocycles. The van der Waals surface area contributed by atoms with Gasteiger partial charge in [0.15, 0.2) is 0 Å². The molecule has 2 aliphatic rings. The zero-order valence-electron chi connectivity index (χ0n) is 18.5. The number of carbonyl (C=O) groups excluding carboxylic acids is 1. The fourth-order valence-electron chi connectivity index (χ4n) is 4.00. The van der Waals surface area contributed by atoms with Crippen LogP contribution in [-0.2, 0) is 11.2 Å². The molecule has 0 spiro atoms. The quantitative estimate of drug-likeness (QED) is 0.359. The molecule has 0 bridgehead atoms. The molecule has 0 aromatic heterocycles. The molecule has 172 valence electrons. The molecule has 2 aromatic rings. The Labute approximate surface area is 207 Å². The second kappa shape index (κ2) is 12.4. The van der Waals surface area contributed by atoms with Gasteiger partial charge in [-0.2, -0.15) is 0 Å². The van der Waals surface area contributed by atoms with Gasteiger partial charge in [0.1, 0.15) is 0 Å². The molecule has 4 rings (SSSR count). The highest BCUT2D eigenvalue weighted by atomic mass is 35.5.